The molecule has 1 aliphatic rings. The summed E-state index contributed by atoms with van der Waals surface area (Å²) in [5, 5.41) is 1.22. The first-order chi connectivity index (χ1) is 10.3. The summed E-state index contributed by atoms with van der Waals surface area (Å²) in [6.07, 6.45) is 3.40. The van der Waals surface area contributed by atoms with Crippen molar-refractivity contribution in [1.82, 2.24) is 4.57 Å². The first-order valence-corrected chi connectivity index (χ1v) is 8.02. The minimum absolute atomic E-state index is 0.254. The quantitative estimate of drug-likeness (QED) is 0.742. The Hall–Kier alpha value is -1.77. The number of fused-ring (bicyclic) bond motifs is 3. The van der Waals surface area contributed by atoms with Crippen LogP contribution in [0.3, 0.4) is 0 Å². The zero-order chi connectivity index (χ0) is 16.1. The van der Waals surface area contributed by atoms with E-state index in [2.05, 4.69) is 38.5 Å². The van der Waals surface area contributed by atoms with Gasteiger partial charge in [0, 0.05) is 18.1 Å². The second-order valence-electron chi connectivity index (χ2n) is 7.48. The van der Waals surface area contributed by atoms with E-state index in [1.165, 1.54) is 30.2 Å². The molecular formula is C19H25NO2. The molecule has 2 aromatic rings. The summed E-state index contributed by atoms with van der Waals surface area (Å²) in [6, 6.07) is 5.97. The summed E-state index contributed by atoms with van der Waals surface area (Å²) < 4.78 is 7.16. The van der Waals surface area contributed by atoms with Crippen molar-refractivity contribution in [2.45, 2.75) is 40.0 Å². The number of hydrogen-bond donors (Lipinski definition) is 0. The number of carbonyl (C=O) groups excluding carboxylic acids is 1. The molecule has 3 rings (SSSR count). The standard InChI is InChI=1S/C19H25NO2/c1-19(2,3)12-9-10-16-15(11-12)13-7-6-8-14(18(21)22-5)17(13)20(16)4/h6-8,12H,9-11H2,1-5H3. The van der Waals surface area contributed by atoms with Gasteiger partial charge in [0.25, 0.3) is 0 Å². The van der Waals surface area contributed by atoms with Crippen molar-refractivity contribution in [3.63, 3.8) is 0 Å². The molecular weight excluding hydrogens is 274 g/mol. The highest BCUT2D eigenvalue weighted by Gasteiger charge is 2.32. The van der Waals surface area contributed by atoms with E-state index in [9.17, 15) is 4.79 Å². The highest BCUT2D eigenvalue weighted by Crippen LogP contribution is 2.41. The number of ether oxygens (including phenoxy) is 1. The minimum Gasteiger partial charge on any atom is -0.465 e. The maximum Gasteiger partial charge on any atom is 0.340 e. The van der Waals surface area contributed by atoms with Crippen LogP contribution in [-0.4, -0.2) is 17.6 Å². The molecule has 3 heteroatoms. The molecule has 22 heavy (non-hydrogen) atoms. The van der Waals surface area contributed by atoms with E-state index in [1.807, 2.05) is 12.1 Å². The first-order valence-electron chi connectivity index (χ1n) is 8.02. The van der Waals surface area contributed by atoms with Crippen LogP contribution in [-0.2, 0) is 24.6 Å². The predicted octanol–water partition coefficient (Wildman–Crippen LogP) is 4.12. The van der Waals surface area contributed by atoms with Gasteiger partial charge in [0.05, 0.1) is 18.2 Å². The molecule has 1 heterocycles. The lowest BCUT2D eigenvalue weighted by atomic mass is 9.71. The van der Waals surface area contributed by atoms with Crippen molar-refractivity contribution < 1.29 is 9.53 Å². The normalized spacial score (nSPS) is 18.3. The largest absolute Gasteiger partial charge is 0.465 e. The van der Waals surface area contributed by atoms with Gasteiger partial charge in [-0.3, -0.25) is 0 Å². The molecule has 1 aliphatic carbocycles. The molecule has 1 unspecified atom stereocenters. The maximum atomic E-state index is 12.1. The molecule has 0 amide bonds. The summed E-state index contributed by atoms with van der Waals surface area (Å²) in [5.74, 6) is 0.434. The summed E-state index contributed by atoms with van der Waals surface area (Å²) in [5.41, 5.74) is 4.82. The van der Waals surface area contributed by atoms with Crippen LogP contribution in [0, 0.1) is 11.3 Å². The van der Waals surface area contributed by atoms with Crippen LogP contribution in [0.15, 0.2) is 18.2 Å². The molecule has 0 N–H and O–H groups in total. The fourth-order valence-corrected chi connectivity index (χ4v) is 3.86. The fourth-order valence-electron chi connectivity index (χ4n) is 3.86. The molecule has 3 nitrogen and oxygen atoms in total. The number of carbonyl (C=O) groups is 1. The SMILES string of the molecule is COC(=O)c1cccc2c3c(n(C)c12)CCC(C(C)(C)C)C3. The van der Waals surface area contributed by atoms with E-state index in [0.29, 0.717) is 16.9 Å². The fraction of sp³-hybridized carbons (Fsp3) is 0.526. The lowest BCUT2D eigenvalue weighted by Gasteiger charge is -2.34. The third-order valence-corrected chi connectivity index (χ3v) is 5.26. The van der Waals surface area contributed by atoms with E-state index in [4.69, 9.17) is 4.74 Å². The lowest BCUT2D eigenvalue weighted by molar-refractivity contribution is 0.0602. The number of esters is 1. The Balaban J connectivity index is 2.19. The second-order valence-corrected chi connectivity index (χ2v) is 7.48. The van der Waals surface area contributed by atoms with Crippen molar-refractivity contribution in [2.24, 2.45) is 18.4 Å². The molecule has 0 bridgehead atoms. The summed E-state index contributed by atoms with van der Waals surface area (Å²) >= 11 is 0. The molecule has 0 radical (unpaired) electrons. The molecule has 0 fully saturated rings. The average molecular weight is 299 g/mol. The Labute approximate surface area is 132 Å². The number of hydrogen-bond acceptors (Lipinski definition) is 2. The van der Waals surface area contributed by atoms with E-state index in [-0.39, 0.29) is 5.97 Å². The Morgan fingerprint density at radius 2 is 2.05 bits per heavy atom. The molecule has 118 valence electrons. The van der Waals surface area contributed by atoms with Crippen LogP contribution in [0.5, 0.6) is 0 Å². The van der Waals surface area contributed by atoms with Gasteiger partial charge in [0.15, 0.2) is 0 Å². The van der Waals surface area contributed by atoms with Crippen LogP contribution in [0.4, 0.5) is 0 Å². The van der Waals surface area contributed by atoms with Crippen LogP contribution in [0.1, 0.15) is 48.8 Å². The van der Waals surface area contributed by atoms with E-state index < -0.39 is 0 Å². The van der Waals surface area contributed by atoms with Gasteiger partial charge in [-0.05, 0) is 42.2 Å². The van der Waals surface area contributed by atoms with Gasteiger partial charge in [-0.15, -0.1) is 0 Å². The van der Waals surface area contributed by atoms with Crippen molar-refractivity contribution >= 4 is 16.9 Å². The van der Waals surface area contributed by atoms with Crippen LogP contribution in [0.25, 0.3) is 10.9 Å². The van der Waals surface area contributed by atoms with Gasteiger partial charge < -0.3 is 9.30 Å². The summed E-state index contributed by atoms with van der Waals surface area (Å²) in [7, 11) is 3.52. The summed E-state index contributed by atoms with van der Waals surface area (Å²) in [6.45, 7) is 6.98. The Morgan fingerprint density at radius 1 is 1.32 bits per heavy atom. The van der Waals surface area contributed by atoms with Gasteiger partial charge >= 0.3 is 5.97 Å². The first kappa shape index (κ1) is 15.1. The van der Waals surface area contributed by atoms with E-state index in [0.717, 1.165) is 18.4 Å². The highest BCUT2D eigenvalue weighted by atomic mass is 16.5. The van der Waals surface area contributed by atoms with Gasteiger partial charge in [-0.2, -0.15) is 0 Å². The van der Waals surface area contributed by atoms with Gasteiger partial charge in [-0.1, -0.05) is 32.9 Å². The number of nitrogens with zero attached hydrogens (tertiary/aromatic N) is 1. The molecule has 1 atom stereocenters. The second kappa shape index (κ2) is 5.15. The van der Waals surface area contributed by atoms with E-state index >= 15 is 0 Å². The molecule has 1 aromatic heterocycles. The van der Waals surface area contributed by atoms with Crippen LogP contribution < -0.4 is 0 Å². The average Bonchev–Trinajstić information content (AvgIpc) is 2.78. The van der Waals surface area contributed by atoms with Crippen molar-refractivity contribution in [3.8, 4) is 0 Å². The van der Waals surface area contributed by atoms with Crippen LogP contribution >= 0.6 is 0 Å². The number of benzene rings is 1. The molecule has 0 saturated heterocycles. The van der Waals surface area contributed by atoms with Gasteiger partial charge in [-0.25, -0.2) is 4.79 Å². The predicted molar refractivity (Wildman–Crippen MR) is 89.2 cm³/mol. The highest BCUT2D eigenvalue weighted by molar-refractivity contribution is 6.04. The van der Waals surface area contributed by atoms with Crippen molar-refractivity contribution in [2.75, 3.05) is 7.11 Å². The Bertz CT molecular complexity index is 734. The van der Waals surface area contributed by atoms with Gasteiger partial charge in [0.1, 0.15) is 0 Å². The van der Waals surface area contributed by atoms with Crippen molar-refractivity contribution in [3.05, 3.63) is 35.0 Å². The lowest BCUT2D eigenvalue weighted by Crippen LogP contribution is -2.27. The van der Waals surface area contributed by atoms with Crippen molar-refractivity contribution in [1.29, 1.82) is 0 Å². The van der Waals surface area contributed by atoms with E-state index in [1.54, 1.807) is 0 Å². The van der Waals surface area contributed by atoms with Crippen LogP contribution in [0.2, 0.25) is 0 Å². The van der Waals surface area contributed by atoms with Gasteiger partial charge in [0.2, 0.25) is 0 Å². The Morgan fingerprint density at radius 3 is 2.68 bits per heavy atom. The summed E-state index contributed by atoms with van der Waals surface area (Å²) in [4.78, 5) is 12.1. The Kier molecular flexibility index (Phi) is 3.54. The molecule has 1 aromatic carbocycles. The molecule has 0 aliphatic heterocycles. The number of aromatic nitrogens is 1. The topological polar surface area (TPSA) is 31.2 Å². The number of methoxy groups -OCH3 is 1. The zero-order valence-corrected chi connectivity index (χ0v) is 14.2. The third kappa shape index (κ3) is 2.23. The zero-order valence-electron chi connectivity index (χ0n) is 14.2. The third-order valence-electron chi connectivity index (χ3n) is 5.26. The minimum atomic E-state index is -0.254. The monoisotopic (exact) mass is 299 g/mol. The number of para-hydroxylation sites is 1. The smallest absolute Gasteiger partial charge is 0.340 e. The maximum absolute atomic E-state index is 12.1. The molecule has 0 spiro atoms. The number of aryl methyl sites for hydroxylation is 1. The number of rotatable bonds is 1. The molecule has 0 saturated carbocycles.